The van der Waals surface area contributed by atoms with Gasteiger partial charge in [-0.05, 0) is 31.2 Å². The number of aromatic nitrogens is 4. The summed E-state index contributed by atoms with van der Waals surface area (Å²) in [6.45, 7) is 5.22. The third kappa shape index (κ3) is 6.54. The highest BCUT2D eigenvalue weighted by atomic mass is 32.2. The van der Waals surface area contributed by atoms with Gasteiger partial charge in [-0.25, -0.2) is 28.4 Å². The molecule has 2 aromatic heterocycles. The van der Waals surface area contributed by atoms with E-state index in [0.717, 1.165) is 31.7 Å². The minimum Gasteiger partial charge on any atom is -0.338 e. The molecule has 0 aliphatic carbocycles. The van der Waals surface area contributed by atoms with Crippen molar-refractivity contribution in [1.29, 1.82) is 0 Å². The lowest BCUT2D eigenvalue weighted by atomic mass is 10.1. The second-order valence-corrected chi connectivity index (χ2v) is 10.8. The molecular weight excluding hydrogens is 483 g/mol. The van der Waals surface area contributed by atoms with Crippen LogP contribution in [0.25, 0.3) is 11.0 Å². The highest BCUT2D eigenvalue weighted by molar-refractivity contribution is 7.90. The number of sulfone groups is 1. The van der Waals surface area contributed by atoms with Crippen molar-refractivity contribution in [3.05, 3.63) is 41.9 Å². The number of aryl methyl sites for hydroxylation is 1. The molecule has 3 heterocycles. The van der Waals surface area contributed by atoms with Gasteiger partial charge in [0.15, 0.2) is 15.7 Å². The zero-order valence-corrected chi connectivity index (χ0v) is 20.2. The Morgan fingerprint density at radius 3 is 2.54 bits per heavy atom. The fourth-order valence-corrected chi connectivity index (χ4v) is 5.09. The van der Waals surface area contributed by atoms with E-state index in [0.29, 0.717) is 34.1 Å². The fraction of sp³-hybridized carbons (Fsp3) is 0.455. The van der Waals surface area contributed by atoms with Crippen LogP contribution in [0.1, 0.15) is 17.5 Å². The van der Waals surface area contributed by atoms with E-state index in [1.165, 1.54) is 6.33 Å². The quantitative estimate of drug-likeness (QED) is 0.515. The molecule has 1 saturated heterocycles. The first-order chi connectivity index (χ1) is 16.5. The predicted molar refractivity (Wildman–Crippen MR) is 127 cm³/mol. The molecule has 1 aliphatic rings. The van der Waals surface area contributed by atoms with E-state index in [9.17, 15) is 21.6 Å². The molecule has 0 spiro atoms. The van der Waals surface area contributed by atoms with Crippen LogP contribution in [0.5, 0.6) is 0 Å². The smallest absolute Gasteiger partial charge is 0.338 e. The summed E-state index contributed by atoms with van der Waals surface area (Å²) in [6.07, 6.45) is -2.87. The number of hydrogen-bond acceptors (Lipinski definition) is 9. The van der Waals surface area contributed by atoms with Crippen LogP contribution in [-0.2, 0) is 15.6 Å². The Hall–Kier alpha value is -3.06. The third-order valence-corrected chi connectivity index (χ3v) is 7.39. The zero-order valence-electron chi connectivity index (χ0n) is 19.4. The van der Waals surface area contributed by atoms with Crippen LogP contribution in [0, 0.1) is 6.92 Å². The van der Waals surface area contributed by atoms with E-state index in [1.54, 1.807) is 24.4 Å². The summed E-state index contributed by atoms with van der Waals surface area (Å²) >= 11 is 0. The molecule has 1 aliphatic heterocycles. The molecule has 0 amide bonds. The van der Waals surface area contributed by atoms with Gasteiger partial charge in [0.25, 0.3) is 0 Å². The number of fused-ring (bicyclic) bond motifs is 1. The van der Waals surface area contributed by atoms with E-state index in [2.05, 4.69) is 42.1 Å². The van der Waals surface area contributed by atoms with Crippen molar-refractivity contribution in [3.63, 3.8) is 0 Å². The SMILES string of the molecule is Cc1ccc(CS(=O)(=O)CCC(F)(F)F)cc1Nc1ncnc2cnc(N3CCN(C)CC3)nc12. The van der Waals surface area contributed by atoms with Gasteiger partial charge in [0, 0.05) is 31.9 Å². The van der Waals surface area contributed by atoms with Gasteiger partial charge in [0.1, 0.15) is 17.4 Å². The summed E-state index contributed by atoms with van der Waals surface area (Å²) < 4.78 is 61.9. The van der Waals surface area contributed by atoms with Gasteiger partial charge < -0.3 is 15.1 Å². The van der Waals surface area contributed by atoms with Gasteiger partial charge in [0.05, 0.1) is 24.1 Å². The second kappa shape index (κ2) is 9.90. The van der Waals surface area contributed by atoms with Crippen LogP contribution in [0.15, 0.2) is 30.7 Å². The molecule has 0 unspecified atom stereocenters. The number of piperazine rings is 1. The molecule has 3 aromatic rings. The second-order valence-electron chi connectivity index (χ2n) is 8.65. The molecule has 0 saturated carbocycles. The summed E-state index contributed by atoms with van der Waals surface area (Å²) in [5, 5.41) is 3.19. The van der Waals surface area contributed by atoms with Crippen LogP contribution in [0.4, 0.5) is 30.6 Å². The number of halogens is 3. The van der Waals surface area contributed by atoms with Crippen LogP contribution < -0.4 is 10.2 Å². The summed E-state index contributed by atoms with van der Waals surface area (Å²) in [5.74, 6) is -0.439. The summed E-state index contributed by atoms with van der Waals surface area (Å²) in [5.41, 5.74) is 2.82. The van der Waals surface area contributed by atoms with Crippen LogP contribution in [0.3, 0.4) is 0 Å². The van der Waals surface area contributed by atoms with E-state index in [1.807, 2.05) is 6.92 Å². The zero-order chi connectivity index (χ0) is 25.2. The van der Waals surface area contributed by atoms with E-state index in [-0.39, 0.29) is 0 Å². The molecule has 9 nitrogen and oxygen atoms in total. The summed E-state index contributed by atoms with van der Waals surface area (Å²) in [7, 11) is -1.87. The number of likely N-dealkylation sites (N-methyl/N-ethyl adjacent to an activating group) is 1. The van der Waals surface area contributed by atoms with E-state index >= 15 is 0 Å². The van der Waals surface area contributed by atoms with Gasteiger partial charge in [-0.15, -0.1) is 0 Å². The molecule has 35 heavy (non-hydrogen) atoms. The maximum atomic E-state index is 12.5. The van der Waals surface area contributed by atoms with Crippen molar-refractivity contribution in [1.82, 2.24) is 24.8 Å². The Morgan fingerprint density at radius 2 is 1.83 bits per heavy atom. The fourth-order valence-electron chi connectivity index (χ4n) is 3.71. The first kappa shape index (κ1) is 25.0. The van der Waals surface area contributed by atoms with Crippen molar-refractivity contribution < 1.29 is 21.6 Å². The number of nitrogens with zero attached hydrogens (tertiary/aromatic N) is 6. The standard InChI is InChI=1S/C22H26F3N7O2S/c1-15-3-4-16(13-35(33,34)10-5-22(23,24)25)11-17(15)29-20-19-18(27-14-28-20)12-26-21(30-19)32-8-6-31(2)7-9-32/h3-4,11-12,14H,5-10,13H2,1-2H3,(H,27,28,29). The lowest BCUT2D eigenvalue weighted by Crippen LogP contribution is -2.45. The molecular formula is C22H26F3N7O2S. The highest BCUT2D eigenvalue weighted by Crippen LogP contribution is 2.27. The Balaban J connectivity index is 1.58. The maximum Gasteiger partial charge on any atom is 0.390 e. The molecule has 13 heteroatoms. The number of hydrogen-bond donors (Lipinski definition) is 1. The van der Waals surface area contributed by atoms with Crippen molar-refractivity contribution in [3.8, 4) is 0 Å². The maximum absolute atomic E-state index is 12.5. The van der Waals surface area contributed by atoms with E-state index in [4.69, 9.17) is 0 Å². The average Bonchev–Trinajstić information content (AvgIpc) is 2.80. The average molecular weight is 510 g/mol. The van der Waals surface area contributed by atoms with Gasteiger partial charge in [0.2, 0.25) is 5.95 Å². The van der Waals surface area contributed by atoms with Crippen LogP contribution >= 0.6 is 0 Å². The molecule has 188 valence electrons. The molecule has 0 bridgehead atoms. The van der Waals surface area contributed by atoms with Crippen LogP contribution in [0.2, 0.25) is 0 Å². The van der Waals surface area contributed by atoms with E-state index < -0.39 is 33.9 Å². The van der Waals surface area contributed by atoms with Gasteiger partial charge in [-0.3, -0.25) is 0 Å². The lowest BCUT2D eigenvalue weighted by molar-refractivity contribution is -0.129. The molecule has 1 fully saturated rings. The Kier molecular flexibility index (Phi) is 7.08. The molecule has 1 aromatic carbocycles. The number of nitrogens with one attached hydrogen (secondary N) is 1. The summed E-state index contributed by atoms with van der Waals surface area (Å²) in [6, 6.07) is 4.92. The topological polar surface area (TPSA) is 104 Å². The van der Waals surface area contributed by atoms with Crippen molar-refractivity contribution in [2.45, 2.75) is 25.3 Å². The monoisotopic (exact) mass is 509 g/mol. The summed E-state index contributed by atoms with van der Waals surface area (Å²) in [4.78, 5) is 22.0. The van der Waals surface area contributed by atoms with Crippen molar-refractivity contribution in [2.24, 2.45) is 0 Å². The van der Waals surface area contributed by atoms with Gasteiger partial charge >= 0.3 is 6.18 Å². The number of rotatable bonds is 7. The highest BCUT2D eigenvalue weighted by Gasteiger charge is 2.30. The molecule has 1 N–H and O–H groups in total. The van der Waals surface area contributed by atoms with Crippen molar-refractivity contribution in [2.75, 3.05) is 49.2 Å². The number of anilines is 3. The largest absolute Gasteiger partial charge is 0.390 e. The number of benzene rings is 1. The van der Waals surface area contributed by atoms with Gasteiger partial charge in [-0.2, -0.15) is 13.2 Å². The molecule has 4 rings (SSSR count). The minimum absolute atomic E-state index is 0.381. The Morgan fingerprint density at radius 1 is 1.09 bits per heavy atom. The van der Waals surface area contributed by atoms with Crippen molar-refractivity contribution >= 4 is 38.3 Å². The van der Waals surface area contributed by atoms with Gasteiger partial charge in [-0.1, -0.05) is 12.1 Å². The molecule has 0 radical (unpaired) electrons. The van der Waals surface area contributed by atoms with Crippen LogP contribution in [-0.4, -0.2) is 78.4 Å². The predicted octanol–water partition coefficient (Wildman–Crippen LogP) is 3.09. The Labute approximate surface area is 201 Å². The first-order valence-corrected chi connectivity index (χ1v) is 12.9. The third-order valence-electron chi connectivity index (χ3n) is 5.79. The first-order valence-electron chi connectivity index (χ1n) is 11.0. The lowest BCUT2D eigenvalue weighted by Gasteiger charge is -2.32. The number of alkyl halides is 3. The normalized spacial score (nSPS) is 15.5. The minimum atomic E-state index is -4.52. The Bertz CT molecular complexity index is 1310. The molecule has 0 atom stereocenters.